The molecule has 0 aliphatic heterocycles. The van der Waals surface area contributed by atoms with Gasteiger partial charge in [-0.15, -0.1) is 0 Å². The van der Waals surface area contributed by atoms with E-state index in [1.807, 2.05) is 6.92 Å². The molecule has 1 N–H and O–H groups in total. The number of aliphatic hydroxyl groups is 1. The fraction of sp³-hybridized carbons (Fsp3) is 0.842. The van der Waals surface area contributed by atoms with Crippen molar-refractivity contribution in [2.24, 2.45) is 28.6 Å². The maximum atomic E-state index is 14.9. The Morgan fingerprint density at radius 1 is 1.13 bits per heavy atom. The SMILES string of the molecule is C[C@]12CC[C@H]3[C@@H](CC(F)(F)C4=CC(=O)CC[C@@]43C)[C@@H]1CC[C@@H]2O. The first-order valence-electron chi connectivity index (χ1n) is 9.00. The van der Waals surface area contributed by atoms with E-state index in [-0.39, 0.29) is 47.0 Å². The summed E-state index contributed by atoms with van der Waals surface area (Å²) in [7, 11) is 0. The maximum Gasteiger partial charge on any atom is 0.270 e. The van der Waals surface area contributed by atoms with Crippen LogP contribution in [-0.2, 0) is 4.79 Å². The molecule has 4 aliphatic rings. The lowest BCUT2D eigenvalue weighted by molar-refractivity contribution is -0.140. The zero-order valence-electron chi connectivity index (χ0n) is 13.9. The summed E-state index contributed by atoms with van der Waals surface area (Å²) in [6, 6.07) is 0. The van der Waals surface area contributed by atoms with Crippen LogP contribution in [0.5, 0.6) is 0 Å². The molecule has 0 aromatic rings. The monoisotopic (exact) mass is 324 g/mol. The standard InChI is InChI=1S/C19H26F2O2/c1-17-7-5-11(22)9-15(17)19(20,21)10-12-13-3-4-16(23)18(13,2)8-6-14(12)17/h9,12-14,16,23H,3-8,10H2,1-2H3/t12-,13-,14-,16-,17+,18-/m0/s1. The second-order valence-corrected chi connectivity index (χ2v) is 8.86. The van der Waals surface area contributed by atoms with Crippen LogP contribution in [0.1, 0.15) is 58.8 Å². The van der Waals surface area contributed by atoms with Crippen molar-refractivity contribution < 1.29 is 18.7 Å². The molecule has 2 nitrogen and oxygen atoms in total. The summed E-state index contributed by atoms with van der Waals surface area (Å²) in [4.78, 5) is 11.7. The molecule has 0 aromatic carbocycles. The van der Waals surface area contributed by atoms with E-state index in [2.05, 4.69) is 6.92 Å². The largest absolute Gasteiger partial charge is 0.393 e. The van der Waals surface area contributed by atoms with E-state index >= 15 is 0 Å². The van der Waals surface area contributed by atoms with Crippen molar-refractivity contribution in [1.82, 2.24) is 0 Å². The van der Waals surface area contributed by atoms with Crippen LogP contribution in [0.3, 0.4) is 0 Å². The minimum atomic E-state index is -2.88. The van der Waals surface area contributed by atoms with Crippen molar-refractivity contribution in [3.8, 4) is 0 Å². The van der Waals surface area contributed by atoms with Gasteiger partial charge in [-0.1, -0.05) is 13.8 Å². The quantitative estimate of drug-likeness (QED) is 0.727. The highest BCUT2D eigenvalue weighted by molar-refractivity contribution is 5.92. The number of fused-ring (bicyclic) bond motifs is 5. The molecule has 0 spiro atoms. The summed E-state index contributed by atoms with van der Waals surface area (Å²) in [6.07, 6.45) is 5.15. The number of hydrogen-bond acceptors (Lipinski definition) is 2. The maximum absolute atomic E-state index is 14.9. The predicted molar refractivity (Wildman–Crippen MR) is 83.0 cm³/mol. The van der Waals surface area contributed by atoms with Gasteiger partial charge in [0.25, 0.3) is 5.92 Å². The Morgan fingerprint density at radius 3 is 2.61 bits per heavy atom. The van der Waals surface area contributed by atoms with Crippen LogP contribution in [0, 0.1) is 28.6 Å². The zero-order chi connectivity index (χ0) is 16.6. The normalized spacial score (nSPS) is 51.5. The zero-order valence-corrected chi connectivity index (χ0v) is 13.9. The van der Waals surface area contributed by atoms with Crippen LogP contribution < -0.4 is 0 Å². The second kappa shape index (κ2) is 4.65. The minimum absolute atomic E-state index is 0.0312. The van der Waals surface area contributed by atoms with Crippen molar-refractivity contribution in [3.05, 3.63) is 11.6 Å². The highest BCUT2D eigenvalue weighted by Gasteiger charge is 2.64. The number of aliphatic hydroxyl groups excluding tert-OH is 1. The summed E-state index contributed by atoms with van der Waals surface area (Å²) in [6.45, 7) is 4.06. The Labute approximate surface area is 136 Å². The lowest BCUT2D eigenvalue weighted by Gasteiger charge is -2.59. The van der Waals surface area contributed by atoms with E-state index in [0.717, 1.165) is 25.7 Å². The molecule has 0 amide bonds. The first-order chi connectivity index (χ1) is 10.7. The molecule has 3 saturated carbocycles. The Balaban J connectivity index is 1.78. The van der Waals surface area contributed by atoms with Gasteiger partial charge >= 0.3 is 0 Å². The van der Waals surface area contributed by atoms with Crippen LogP contribution >= 0.6 is 0 Å². The van der Waals surface area contributed by atoms with Gasteiger partial charge in [0.15, 0.2) is 5.78 Å². The Morgan fingerprint density at radius 2 is 1.87 bits per heavy atom. The van der Waals surface area contributed by atoms with Gasteiger partial charge in [0, 0.05) is 18.4 Å². The lowest BCUT2D eigenvalue weighted by Crippen LogP contribution is -2.56. The molecule has 23 heavy (non-hydrogen) atoms. The number of alkyl halides is 2. The molecule has 0 radical (unpaired) electrons. The average Bonchev–Trinajstić information content (AvgIpc) is 2.77. The molecule has 0 saturated heterocycles. The van der Waals surface area contributed by atoms with Gasteiger partial charge in [0.05, 0.1) is 6.10 Å². The first-order valence-corrected chi connectivity index (χ1v) is 9.00. The van der Waals surface area contributed by atoms with E-state index in [0.29, 0.717) is 12.8 Å². The van der Waals surface area contributed by atoms with Crippen LogP contribution in [0.2, 0.25) is 0 Å². The molecule has 0 bridgehead atoms. The van der Waals surface area contributed by atoms with Crippen molar-refractivity contribution in [3.63, 3.8) is 0 Å². The molecule has 128 valence electrons. The molecule has 6 atom stereocenters. The molecule has 3 fully saturated rings. The van der Waals surface area contributed by atoms with Gasteiger partial charge in [-0.3, -0.25) is 4.79 Å². The van der Waals surface area contributed by atoms with Gasteiger partial charge < -0.3 is 5.11 Å². The average molecular weight is 324 g/mol. The number of halogens is 2. The van der Waals surface area contributed by atoms with E-state index in [9.17, 15) is 18.7 Å². The summed E-state index contributed by atoms with van der Waals surface area (Å²) < 4.78 is 29.9. The van der Waals surface area contributed by atoms with Crippen molar-refractivity contribution in [2.45, 2.75) is 70.8 Å². The van der Waals surface area contributed by atoms with Crippen molar-refractivity contribution in [1.29, 1.82) is 0 Å². The third-order valence-corrected chi connectivity index (χ3v) is 7.90. The van der Waals surface area contributed by atoms with E-state index < -0.39 is 11.3 Å². The summed E-state index contributed by atoms with van der Waals surface area (Å²) in [5.41, 5.74) is -0.640. The van der Waals surface area contributed by atoms with Crippen LogP contribution in [0.4, 0.5) is 8.78 Å². The highest BCUT2D eigenvalue weighted by atomic mass is 19.3. The molecule has 0 unspecified atom stereocenters. The summed E-state index contributed by atoms with van der Waals surface area (Å²) in [5.74, 6) is -2.63. The Bertz CT molecular complexity index is 584. The molecule has 0 aromatic heterocycles. The molecular formula is C19H26F2O2. The smallest absolute Gasteiger partial charge is 0.270 e. The van der Waals surface area contributed by atoms with Crippen LogP contribution in [-0.4, -0.2) is 22.9 Å². The van der Waals surface area contributed by atoms with E-state index in [4.69, 9.17) is 0 Å². The van der Waals surface area contributed by atoms with Gasteiger partial charge in [-0.2, -0.15) is 0 Å². The van der Waals surface area contributed by atoms with Gasteiger partial charge in [-0.05, 0) is 66.8 Å². The van der Waals surface area contributed by atoms with Crippen molar-refractivity contribution in [2.75, 3.05) is 0 Å². The third-order valence-electron chi connectivity index (χ3n) is 7.90. The molecular weight excluding hydrogens is 298 g/mol. The topological polar surface area (TPSA) is 37.3 Å². The second-order valence-electron chi connectivity index (χ2n) is 8.86. The van der Waals surface area contributed by atoms with Gasteiger partial charge in [0.2, 0.25) is 0 Å². The number of allylic oxidation sites excluding steroid dienone is 1. The fourth-order valence-corrected chi connectivity index (χ4v) is 6.57. The molecule has 0 heterocycles. The fourth-order valence-electron chi connectivity index (χ4n) is 6.57. The minimum Gasteiger partial charge on any atom is -0.393 e. The number of carbonyl (C=O) groups is 1. The van der Waals surface area contributed by atoms with E-state index in [1.54, 1.807) is 0 Å². The number of ketones is 1. The van der Waals surface area contributed by atoms with Crippen LogP contribution in [0.25, 0.3) is 0 Å². The summed E-state index contributed by atoms with van der Waals surface area (Å²) >= 11 is 0. The molecule has 4 rings (SSSR count). The molecule has 4 aliphatic carbocycles. The highest BCUT2D eigenvalue weighted by Crippen LogP contribution is 2.67. The van der Waals surface area contributed by atoms with E-state index in [1.165, 1.54) is 6.08 Å². The Kier molecular flexibility index (Phi) is 3.18. The first kappa shape index (κ1) is 15.7. The number of hydrogen-bond donors (Lipinski definition) is 1. The van der Waals surface area contributed by atoms with Crippen LogP contribution in [0.15, 0.2) is 11.6 Å². The summed E-state index contributed by atoms with van der Waals surface area (Å²) in [5, 5.41) is 10.4. The van der Waals surface area contributed by atoms with Gasteiger partial charge in [-0.25, -0.2) is 8.78 Å². The lowest BCUT2D eigenvalue weighted by atomic mass is 9.46. The number of rotatable bonds is 0. The Hall–Kier alpha value is -0.770. The molecule has 4 heteroatoms. The van der Waals surface area contributed by atoms with Gasteiger partial charge in [0.1, 0.15) is 0 Å². The third kappa shape index (κ3) is 1.96. The number of carbonyl (C=O) groups excluding carboxylic acids is 1. The predicted octanol–water partition coefficient (Wildman–Crippen LogP) is 4.12. The van der Waals surface area contributed by atoms with Crippen molar-refractivity contribution >= 4 is 5.78 Å².